The first-order valence-corrected chi connectivity index (χ1v) is 13.7. The summed E-state index contributed by atoms with van der Waals surface area (Å²) in [4.78, 5) is 26.7. The molecule has 0 aliphatic carbocycles. The molecule has 4 aromatic rings. The molecule has 1 saturated heterocycles. The number of rotatable bonds is 9. The largest absolute Gasteiger partial charge is 0.398 e. The Morgan fingerprint density at radius 1 is 0.976 bits per heavy atom. The van der Waals surface area contributed by atoms with Crippen LogP contribution < -0.4 is 5.73 Å². The van der Waals surface area contributed by atoms with E-state index in [-0.39, 0.29) is 24.2 Å². The lowest BCUT2D eigenvalue weighted by molar-refractivity contribution is -0.134. The fourth-order valence-electron chi connectivity index (χ4n) is 6.05. The smallest absolute Gasteiger partial charge is 0.245 e. The quantitative estimate of drug-likeness (QED) is 0.134. The van der Waals surface area contributed by atoms with Crippen LogP contribution >= 0.6 is 0 Å². The van der Waals surface area contributed by atoms with Gasteiger partial charge in [0.15, 0.2) is 5.78 Å². The lowest BCUT2D eigenvalue weighted by Crippen LogP contribution is -2.50. The van der Waals surface area contributed by atoms with Gasteiger partial charge in [0.2, 0.25) is 5.91 Å². The number of carbonyl (C=O) groups is 2. The van der Waals surface area contributed by atoms with Crippen molar-refractivity contribution in [3.63, 3.8) is 0 Å². The molecule has 3 aromatic carbocycles. The van der Waals surface area contributed by atoms with Crippen LogP contribution in [0, 0.1) is 37.5 Å². The summed E-state index contributed by atoms with van der Waals surface area (Å²) in [6.45, 7) is 11.1. The molecule has 1 amide bonds. The Morgan fingerprint density at radius 3 is 2.29 bits per heavy atom. The monoisotopic (exact) mass is 545 g/mol. The first-order chi connectivity index (χ1) is 19.7. The van der Waals surface area contributed by atoms with Gasteiger partial charge < -0.3 is 26.0 Å². The zero-order valence-corrected chi connectivity index (χ0v) is 23.8. The molecule has 0 atom stereocenters. The Morgan fingerprint density at radius 2 is 1.63 bits per heavy atom. The van der Waals surface area contributed by atoms with Crippen LogP contribution in [0.3, 0.4) is 0 Å². The van der Waals surface area contributed by atoms with E-state index in [4.69, 9.17) is 16.6 Å². The number of hydrogen-bond acceptors (Lipinski definition) is 5. The normalized spacial score (nSPS) is 13.2. The number of nitrogen functional groups attached to an aromatic ring is 1. The number of hydrogen-bond donors (Lipinski definition) is 3. The Kier molecular flexibility index (Phi) is 7.45. The van der Waals surface area contributed by atoms with Crippen molar-refractivity contribution in [1.82, 2.24) is 9.47 Å². The van der Waals surface area contributed by atoms with Crippen molar-refractivity contribution < 1.29 is 9.59 Å². The highest BCUT2D eigenvalue weighted by atomic mass is 16.2. The van der Waals surface area contributed by atoms with Crippen LogP contribution in [0.15, 0.2) is 61.3 Å². The van der Waals surface area contributed by atoms with E-state index in [0.29, 0.717) is 30.8 Å². The first kappa shape index (κ1) is 27.8. The second-order valence-electron chi connectivity index (χ2n) is 11.0. The van der Waals surface area contributed by atoms with Gasteiger partial charge in [-0.1, -0.05) is 36.9 Å². The molecular formula is C34H35N5O2. The van der Waals surface area contributed by atoms with Crippen molar-refractivity contribution >= 4 is 40.7 Å². The van der Waals surface area contributed by atoms with Gasteiger partial charge in [0.05, 0.1) is 6.54 Å². The maximum absolute atomic E-state index is 13.2. The SMILES string of the molecule is C=CC(=O)N1CC(CC(=O)Cn2cc(-c3c(C)ccc(C=N)c3C)c3cc(-c4c(C)ccc(C=N)c4N)ccc32)C1. The predicted molar refractivity (Wildman–Crippen MR) is 167 cm³/mol. The van der Waals surface area contributed by atoms with E-state index < -0.39 is 0 Å². The molecule has 0 saturated carbocycles. The number of ketones is 1. The zero-order valence-electron chi connectivity index (χ0n) is 23.8. The summed E-state index contributed by atoms with van der Waals surface area (Å²) in [5, 5.41) is 16.7. The third kappa shape index (κ3) is 4.99. The van der Waals surface area contributed by atoms with E-state index in [0.717, 1.165) is 55.4 Å². The van der Waals surface area contributed by atoms with Gasteiger partial charge in [-0.05, 0) is 72.4 Å². The number of amides is 1. The summed E-state index contributed by atoms with van der Waals surface area (Å²) >= 11 is 0. The lowest BCUT2D eigenvalue weighted by Gasteiger charge is -2.38. The van der Waals surface area contributed by atoms with Gasteiger partial charge in [-0.25, -0.2) is 0 Å². The molecule has 1 fully saturated rings. The molecule has 5 rings (SSSR count). The summed E-state index contributed by atoms with van der Waals surface area (Å²) in [5.41, 5.74) is 16.6. The number of nitrogens with zero attached hydrogens (tertiary/aromatic N) is 2. The van der Waals surface area contributed by atoms with Crippen molar-refractivity contribution in [2.45, 2.75) is 33.7 Å². The minimum Gasteiger partial charge on any atom is -0.398 e. The zero-order chi connectivity index (χ0) is 29.4. The number of fused-ring (bicyclic) bond motifs is 1. The number of anilines is 1. The van der Waals surface area contributed by atoms with Crippen molar-refractivity contribution in [2.75, 3.05) is 18.8 Å². The Bertz CT molecular complexity index is 1740. The van der Waals surface area contributed by atoms with Gasteiger partial charge >= 0.3 is 0 Å². The number of aromatic nitrogens is 1. The van der Waals surface area contributed by atoms with E-state index in [9.17, 15) is 9.59 Å². The van der Waals surface area contributed by atoms with Gasteiger partial charge in [0.1, 0.15) is 0 Å². The van der Waals surface area contributed by atoms with Crippen LogP contribution in [-0.4, -0.2) is 46.7 Å². The molecule has 41 heavy (non-hydrogen) atoms. The summed E-state index contributed by atoms with van der Waals surface area (Å²) in [5.74, 6) is 0.194. The standard InChI is InChI=1S/C34H35N5O2/c1-5-31(41)39-16-23(17-39)12-27(40)18-38-19-29(32-20(2)6-8-25(14-35)22(32)4)28-13-24(10-11-30(28)38)33-21(3)7-9-26(15-36)34(33)37/h5-11,13-15,19,23,35-36H,1,12,16-18,37H2,2-4H3. The van der Waals surface area contributed by atoms with Crippen LogP contribution in [0.1, 0.15) is 34.2 Å². The van der Waals surface area contributed by atoms with E-state index in [1.807, 2.05) is 61.0 Å². The average Bonchev–Trinajstić information content (AvgIpc) is 3.27. The third-order valence-corrected chi connectivity index (χ3v) is 8.26. The van der Waals surface area contributed by atoms with Crippen LogP contribution in [0.4, 0.5) is 5.69 Å². The van der Waals surface area contributed by atoms with Gasteiger partial charge in [0.25, 0.3) is 0 Å². The molecule has 1 aromatic heterocycles. The highest BCUT2D eigenvalue weighted by molar-refractivity contribution is 6.03. The molecular weight excluding hydrogens is 510 g/mol. The number of likely N-dealkylation sites (tertiary alicyclic amines) is 1. The fraction of sp³-hybridized carbons (Fsp3) is 0.235. The molecule has 7 heteroatoms. The number of aryl methyl sites for hydroxylation is 2. The van der Waals surface area contributed by atoms with Gasteiger partial charge in [0, 0.05) is 77.3 Å². The number of benzene rings is 3. The van der Waals surface area contributed by atoms with Crippen molar-refractivity contribution in [3.8, 4) is 22.3 Å². The Balaban J connectivity index is 1.60. The van der Waals surface area contributed by atoms with E-state index in [1.54, 1.807) is 4.90 Å². The summed E-state index contributed by atoms with van der Waals surface area (Å²) in [7, 11) is 0. The minimum absolute atomic E-state index is 0.0922. The topological polar surface area (TPSA) is 116 Å². The number of carbonyl (C=O) groups excluding carboxylic acids is 2. The maximum atomic E-state index is 13.2. The Hall–Kier alpha value is -4.78. The molecule has 0 bridgehead atoms. The van der Waals surface area contributed by atoms with Gasteiger partial charge in [-0.3, -0.25) is 9.59 Å². The van der Waals surface area contributed by atoms with Crippen molar-refractivity contribution in [3.05, 3.63) is 89.1 Å². The molecule has 1 aliphatic rings. The third-order valence-electron chi connectivity index (χ3n) is 8.26. The number of nitrogens with two attached hydrogens (primary N) is 1. The van der Waals surface area contributed by atoms with E-state index in [1.165, 1.54) is 18.5 Å². The fourth-order valence-corrected chi connectivity index (χ4v) is 6.05. The second-order valence-corrected chi connectivity index (χ2v) is 11.0. The second kappa shape index (κ2) is 11.0. The maximum Gasteiger partial charge on any atom is 0.245 e. The van der Waals surface area contributed by atoms with Crippen molar-refractivity contribution in [2.24, 2.45) is 5.92 Å². The molecule has 1 aliphatic heterocycles. The van der Waals surface area contributed by atoms with Crippen LogP contribution in [0.2, 0.25) is 0 Å². The minimum atomic E-state index is -0.0922. The van der Waals surface area contributed by atoms with Gasteiger partial charge in [-0.15, -0.1) is 0 Å². The first-order valence-electron chi connectivity index (χ1n) is 13.7. The van der Waals surface area contributed by atoms with E-state index in [2.05, 4.69) is 19.6 Å². The van der Waals surface area contributed by atoms with Crippen LogP contribution in [0.25, 0.3) is 33.2 Å². The van der Waals surface area contributed by atoms with E-state index >= 15 is 0 Å². The predicted octanol–water partition coefficient (Wildman–Crippen LogP) is 6.08. The lowest BCUT2D eigenvalue weighted by atomic mass is 9.90. The van der Waals surface area contributed by atoms with Gasteiger partial charge in [-0.2, -0.15) is 0 Å². The number of Topliss-reactive ketones (excluding diaryl/α,β-unsaturated/α-hetero) is 1. The van der Waals surface area contributed by atoms with Crippen LogP contribution in [0.5, 0.6) is 0 Å². The molecule has 4 N–H and O–H groups in total. The highest BCUT2D eigenvalue weighted by Gasteiger charge is 2.31. The summed E-state index contributed by atoms with van der Waals surface area (Å²) in [6.07, 6.45) is 6.43. The summed E-state index contributed by atoms with van der Waals surface area (Å²) in [6, 6.07) is 14.0. The summed E-state index contributed by atoms with van der Waals surface area (Å²) < 4.78 is 2.02. The van der Waals surface area contributed by atoms with Crippen molar-refractivity contribution in [1.29, 1.82) is 10.8 Å². The molecule has 0 spiro atoms. The number of nitrogens with one attached hydrogen (secondary N) is 2. The Labute approximate surface area is 240 Å². The molecule has 2 heterocycles. The molecule has 7 nitrogen and oxygen atoms in total. The van der Waals surface area contributed by atoms with Crippen LogP contribution in [-0.2, 0) is 16.1 Å². The highest BCUT2D eigenvalue weighted by Crippen LogP contribution is 2.40. The molecule has 0 radical (unpaired) electrons. The molecule has 208 valence electrons. The molecule has 0 unspecified atom stereocenters. The average molecular weight is 546 g/mol.